The molecular weight excluding hydrogens is 212 g/mol. The summed E-state index contributed by atoms with van der Waals surface area (Å²) in [5.41, 5.74) is 2.39. The molecule has 0 aliphatic heterocycles. The Balaban J connectivity index is 3.75. The van der Waals surface area contributed by atoms with E-state index in [2.05, 4.69) is 10.5 Å². The van der Waals surface area contributed by atoms with Crippen molar-refractivity contribution < 1.29 is 18.8 Å². The van der Waals surface area contributed by atoms with E-state index in [1.807, 2.05) is 20.8 Å². The third kappa shape index (κ3) is 11.5. The van der Waals surface area contributed by atoms with Crippen LogP contribution in [0.1, 0.15) is 33.6 Å². The molecule has 0 bridgehead atoms. The van der Waals surface area contributed by atoms with Crippen molar-refractivity contribution in [2.24, 2.45) is 0 Å². The van der Waals surface area contributed by atoms with Crippen LogP contribution >= 0.6 is 0 Å². The van der Waals surface area contributed by atoms with Crippen molar-refractivity contribution in [3.63, 3.8) is 0 Å². The van der Waals surface area contributed by atoms with Crippen molar-refractivity contribution in [1.29, 1.82) is 0 Å². The summed E-state index contributed by atoms with van der Waals surface area (Å²) in [4.78, 5) is 25.7. The summed E-state index contributed by atoms with van der Waals surface area (Å²) >= 11 is 0. The molecule has 0 aliphatic rings. The lowest BCUT2D eigenvalue weighted by Crippen LogP contribution is -2.38. The first-order valence-corrected chi connectivity index (χ1v) is 6.66. The highest BCUT2D eigenvalue weighted by Gasteiger charge is 2.29. The van der Waals surface area contributed by atoms with E-state index in [0.29, 0.717) is 0 Å². The van der Waals surface area contributed by atoms with Crippen LogP contribution in [0.15, 0.2) is 23.3 Å². The Morgan fingerprint density at radius 1 is 1.13 bits per heavy atom. The Hall–Kier alpha value is -0.463. The maximum absolute atomic E-state index is 8.57. The maximum Gasteiger partial charge on any atom is 0.671 e. The fourth-order valence-corrected chi connectivity index (χ4v) is 1.29. The largest absolute Gasteiger partial charge is 0.671 e. The van der Waals surface area contributed by atoms with Crippen molar-refractivity contribution >= 4 is 9.05 Å². The van der Waals surface area contributed by atoms with Gasteiger partial charge in [-0.1, -0.05) is 23.3 Å². The molecule has 88 valence electrons. The van der Waals surface area contributed by atoms with Crippen LogP contribution in [0.5, 0.6) is 0 Å². The van der Waals surface area contributed by atoms with Crippen molar-refractivity contribution in [2.45, 2.75) is 33.6 Å². The summed E-state index contributed by atoms with van der Waals surface area (Å²) in [6.07, 6.45) is 5.75. The van der Waals surface area contributed by atoms with Gasteiger partial charge in [-0.15, -0.1) is 0 Å². The van der Waals surface area contributed by atoms with Crippen LogP contribution in [0, 0.1) is 0 Å². The van der Waals surface area contributed by atoms with Crippen LogP contribution < -0.4 is 0 Å². The standard InChI is InChI=1S/C10H20O4Si/c1-9(2)5-4-6-10(3)7-8-14-15(11,12)13/h5,7,11-13H,4,6,8H2,1-3H3. The molecule has 0 amide bonds. The molecule has 0 fully saturated rings. The molecule has 0 spiro atoms. The highest BCUT2D eigenvalue weighted by Crippen LogP contribution is 2.06. The van der Waals surface area contributed by atoms with Crippen LogP contribution in [0.25, 0.3) is 0 Å². The molecule has 0 saturated carbocycles. The van der Waals surface area contributed by atoms with E-state index in [-0.39, 0.29) is 6.61 Å². The maximum atomic E-state index is 8.57. The van der Waals surface area contributed by atoms with Crippen molar-refractivity contribution in [3.05, 3.63) is 23.3 Å². The van der Waals surface area contributed by atoms with Crippen molar-refractivity contribution in [2.75, 3.05) is 6.61 Å². The molecule has 0 heterocycles. The number of allylic oxidation sites excluding steroid dienone is 3. The minimum atomic E-state index is -4.33. The molecule has 0 rings (SSSR count). The summed E-state index contributed by atoms with van der Waals surface area (Å²) in [6.45, 7) is 6.07. The quantitative estimate of drug-likeness (QED) is 0.474. The summed E-state index contributed by atoms with van der Waals surface area (Å²) < 4.78 is 4.44. The Morgan fingerprint density at radius 2 is 1.73 bits per heavy atom. The van der Waals surface area contributed by atoms with Gasteiger partial charge in [0.05, 0.1) is 6.61 Å². The Kier molecular flexibility index (Phi) is 6.70. The van der Waals surface area contributed by atoms with Gasteiger partial charge in [0, 0.05) is 0 Å². The summed E-state index contributed by atoms with van der Waals surface area (Å²) in [6, 6.07) is 0. The molecule has 0 saturated heterocycles. The zero-order chi connectivity index (χ0) is 11.9. The van der Waals surface area contributed by atoms with Crippen LogP contribution in [0.3, 0.4) is 0 Å². The van der Waals surface area contributed by atoms with Gasteiger partial charge in [0.25, 0.3) is 0 Å². The van der Waals surface area contributed by atoms with Gasteiger partial charge in [-0.3, -0.25) is 0 Å². The monoisotopic (exact) mass is 232 g/mol. The lowest BCUT2D eigenvalue weighted by Gasteiger charge is -2.07. The first kappa shape index (κ1) is 14.5. The van der Waals surface area contributed by atoms with Crippen molar-refractivity contribution in [1.82, 2.24) is 0 Å². The molecule has 0 aromatic rings. The number of hydrogen-bond donors (Lipinski definition) is 3. The minimum absolute atomic E-state index is 0.0381. The summed E-state index contributed by atoms with van der Waals surface area (Å²) in [7, 11) is -4.33. The first-order chi connectivity index (χ1) is 6.81. The molecule has 15 heavy (non-hydrogen) atoms. The van der Waals surface area contributed by atoms with Gasteiger partial charge in [-0.25, -0.2) is 0 Å². The average molecular weight is 232 g/mol. The van der Waals surface area contributed by atoms with Gasteiger partial charge in [0.15, 0.2) is 0 Å². The Labute approximate surface area is 92.0 Å². The third-order valence-electron chi connectivity index (χ3n) is 1.80. The first-order valence-electron chi connectivity index (χ1n) is 4.91. The van der Waals surface area contributed by atoms with E-state index < -0.39 is 9.05 Å². The van der Waals surface area contributed by atoms with Crippen molar-refractivity contribution in [3.8, 4) is 0 Å². The molecule has 0 aromatic carbocycles. The fraction of sp³-hybridized carbons (Fsp3) is 0.600. The predicted molar refractivity (Wildman–Crippen MR) is 60.8 cm³/mol. The fourth-order valence-electron chi connectivity index (χ4n) is 0.986. The highest BCUT2D eigenvalue weighted by atomic mass is 28.4. The second-order valence-electron chi connectivity index (χ2n) is 3.76. The Morgan fingerprint density at radius 3 is 2.20 bits per heavy atom. The number of hydrogen-bond acceptors (Lipinski definition) is 4. The SMILES string of the molecule is CC(C)=CCCC(C)=CCO[Si](O)(O)O. The van der Waals surface area contributed by atoms with E-state index in [4.69, 9.17) is 14.4 Å². The van der Waals surface area contributed by atoms with Crippen LogP contribution in [-0.4, -0.2) is 30.0 Å². The molecule has 0 aliphatic carbocycles. The summed E-state index contributed by atoms with van der Waals surface area (Å²) in [5.74, 6) is 0. The normalized spacial score (nSPS) is 12.8. The molecule has 0 radical (unpaired) electrons. The second-order valence-corrected chi connectivity index (χ2v) is 5.19. The second kappa shape index (κ2) is 6.92. The third-order valence-corrected chi connectivity index (χ3v) is 2.35. The highest BCUT2D eigenvalue weighted by molar-refractivity contribution is 6.48. The molecule has 0 unspecified atom stereocenters. The van der Waals surface area contributed by atoms with Gasteiger partial charge in [-0.05, 0) is 33.6 Å². The van der Waals surface area contributed by atoms with E-state index in [1.54, 1.807) is 6.08 Å². The van der Waals surface area contributed by atoms with Crippen LogP contribution in [-0.2, 0) is 4.43 Å². The summed E-state index contributed by atoms with van der Waals surface area (Å²) in [5, 5.41) is 0. The molecular formula is C10H20O4Si. The topological polar surface area (TPSA) is 69.9 Å². The van der Waals surface area contributed by atoms with E-state index in [1.165, 1.54) is 5.57 Å². The zero-order valence-electron chi connectivity index (χ0n) is 9.53. The molecule has 3 N–H and O–H groups in total. The molecule has 4 nitrogen and oxygen atoms in total. The minimum Gasteiger partial charge on any atom is -0.368 e. The van der Waals surface area contributed by atoms with Crippen LogP contribution in [0.4, 0.5) is 0 Å². The van der Waals surface area contributed by atoms with E-state index in [9.17, 15) is 0 Å². The van der Waals surface area contributed by atoms with Gasteiger partial charge < -0.3 is 18.8 Å². The molecule has 5 heteroatoms. The van der Waals surface area contributed by atoms with E-state index in [0.717, 1.165) is 18.4 Å². The van der Waals surface area contributed by atoms with Crippen LogP contribution in [0.2, 0.25) is 0 Å². The van der Waals surface area contributed by atoms with E-state index >= 15 is 0 Å². The smallest absolute Gasteiger partial charge is 0.368 e. The predicted octanol–water partition coefficient (Wildman–Crippen LogP) is 1.11. The number of rotatable bonds is 6. The van der Waals surface area contributed by atoms with Gasteiger partial charge in [-0.2, -0.15) is 0 Å². The van der Waals surface area contributed by atoms with Gasteiger partial charge >= 0.3 is 9.05 Å². The average Bonchev–Trinajstić information content (AvgIpc) is 2.00. The molecule has 0 atom stereocenters. The zero-order valence-corrected chi connectivity index (χ0v) is 10.5. The van der Waals surface area contributed by atoms with Gasteiger partial charge in [0.1, 0.15) is 0 Å². The Bertz CT molecular complexity index is 236. The lowest BCUT2D eigenvalue weighted by molar-refractivity contribution is 0.0743. The van der Waals surface area contributed by atoms with Gasteiger partial charge in [0.2, 0.25) is 0 Å². The lowest BCUT2D eigenvalue weighted by atomic mass is 10.1. The molecule has 0 aromatic heterocycles.